The van der Waals surface area contributed by atoms with Crippen LogP contribution in [0.15, 0.2) is 30.5 Å². The second kappa shape index (κ2) is 5.73. The number of halogens is 3. The van der Waals surface area contributed by atoms with Crippen molar-refractivity contribution in [2.45, 2.75) is 25.3 Å². The number of alkyl halides is 2. The van der Waals surface area contributed by atoms with E-state index in [0.29, 0.717) is 6.54 Å². The minimum atomic E-state index is -2.74. The van der Waals surface area contributed by atoms with Gasteiger partial charge in [0.1, 0.15) is 0 Å². The first kappa shape index (κ1) is 15.9. The first-order chi connectivity index (χ1) is 9.46. The summed E-state index contributed by atoms with van der Waals surface area (Å²) < 4.78 is 27.5. The Kier molecular flexibility index (Phi) is 4.35. The summed E-state index contributed by atoms with van der Waals surface area (Å²) in [5, 5.41) is 0.900. The van der Waals surface area contributed by atoms with Gasteiger partial charge in [0.05, 0.1) is 12.1 Å². The smallest absolute Gasteiger partial charge is 0.266 e. The van der Waals surface area contributed by atoms with Crippen molar-refractivity contribution in [1.29, 1.82) is 0 Å². The van der Waals surface area contributed by atoms with Crippen molar-refractivity contribution in [1.82, 2.24) is 4.98 Å². The molecule has 0 bridgehead atoms. The maximum Gasteiger partial charge on any atom is 0.266 e. The molecule has 0 spiro atoms. The number of piperidine rings is 1. The van der Waals surface area contributed by atoms with Crippen molar-refractivity contribution in [3.05, 3.63) is 36.0 Å². The number of hydrogen-bond donors (Lipinski definition) is 1. The summed E-state index contributed by atoms with van der Waals surface area (Å²) in [6.45, 7) is 2.13. The maximum atomic E-state index is 13.7. The molecule has 0 radical (unpaired) electrons. The van der Waals surface area contributed by atoms with Crippen LogP contribution in [0, 0.1) is 6.92 Å². The van der Waals surface area contributed by atoms with Gasteiger partial charge in [-0.15, -0.1) is 12.4 Å². The van der Waals surface area contributed by atoms with E-state index in [2.05, 4.69) is 4.98 Å². The zero-order chi connectivity index (χ0) is 14.3. The molecule has 6 heteroatoms. The summed E-state index contributed by atoms with van der Waals surface area (Å²) in [4.78, 5) is 6.02. The lowest BCUT2D eigenvalue weighted by molar-refractivity contribution is -0.0171. The van der Waals surface area contributed by atoms with Crippen molar-refractivity contribution < 1.29 is 8.78 Å². The highest BCUT2D eigenvalue weighted by atomic mass is 35.5. The van der Waals surface area contributed by atoms with E-state index in [4.69, 9.17) is 5.73 Å². The lowest BCUT2D eigenvalue weighted by Gasteiger charge is -2.38. The monoisotopic (exact) mass is 313 g/mol. The summed E-state index contributed by atoms with van der Waals surface area (Å²) in [7, 11) is 0. The quantitative estimate of drug-likeness (QED) is 0.879. The van der Waals surface area contributed by atoms with Gasteiger partial charge in [-0.3, -0.25) is 4.98 Å². The fourth-order valence-electron chi connectivity index (χ4n) is 2.90. The van der Waals surface area contributed by atoms with Crippen LogP contribution < -0.4 is 10.6 Å². The van der Waals surface area contributed by atoms with E-state index in [1.165, 1.54) is 0 Å². The second-order valence-corrected chi connectivity index (χ2v) is 5.50. The number of benzene rings is 1. The van der Waals surface area contributed by atoms with Gasteiger partial charge in [-0.1, -0.05) is 6.07 Å². The Hall–Kier alpha value is -1.46. The summed E-state index contributed by atoms with van der Waals surface area (Å²) >= 11 is 0. The molecule has 0 saturated carbocycles. The highest BCUT2D eigenvalue weighted by Gasteiger charge is 2.39. The Morgan fingerprint density at radius 1 is 1.33 bits per heavy atom. The van der Waals surface area contributed by atoms with Gasteiger partial charge in [-0.25, -0.2) is 8.78 Å². The van der Waals surface area contributed by atoms with E-state index in [1.54, 1.807) is 11.1 Å². The molecule has 1 aliphatic rings. The standard InChI is InChI=1S/C15H17F2N3.ClH/c1-10-4-5-13(12-3-2-6-19-14(10)12)20-8-11(18)7-15(16,17)9-20;/h2-6,11H,7-9,18H2,1H3;1H. The van der Waals surface area contributed by atoms with Crippen LogP contribution in [0.2, 0.25) is 0 Å². The van der Waals surface area contributed by atoms with Gasteiger partial charge in [0, 0.05) is 36.3 Å². The molecule has 0 amide bonds. The van der Waals surface area contributed by atoms with E-state index < -0.39 is 12.0 Å². The number of fused-ring (bicyclic) bond motifs is 1. The number of nitrogens with zero attached hydrogens (tertiary/aromatic N) is 2. The highest BCUT2D eigenvalue weighted by molar-refractivity contribution is 5.93. The number of aryl methyl sites for hydroxylation is 1. The van der Waals surface area contributed by atoms with E-state index in [-0.39, 0.29) is 25.4 Å². The molecule has 114 valence electrons. The molecular formula is C15H18ClF2N3. The minimum Gasteiger partial charge on any atom is -0.363 e. The van der Waals surface area contributed by atoms with Gasteiger partial charge in [-0.2, -0.15) is 0 Å². The van der Waals surface area contributed by atoms with Crippen LogP contribution in [-0.4, -0.2) is 30.0 Å². The first-order valence-electron chi connectivity index (χ1n) is 6.69. The zero-order valence-corrected chi connectivity index (χ0v) is 12.5. The van der Waals surface area contributed by atoms with Crippen LogP contribution in [-0.2, 0) is 0 Å². The molecule has 0 aliphatic carbocycles. The van der Waals surface area contributed by atoms with E-state index >= 15 is 0 Å². The van der Waals surface area contributed by atoms with E-state index in [9.17, 15) is 8.78 Å². The Labute approximate surface area is 128 Å². The van der Waals surface area contributed by atoms with Gasteiger partial charge >= 0.3 is 0 Å². The van der Waals surface area contributed by atoms with E-state index in [0.717, 1.165) is 22.2 Å². The zero-order valence-electron chi connectivity index (χ0n) is 11.7. The molecule has 2 aromatic rings. The van der Waals surface area contributed by atoms with Crippen molar-refractivity contribution in [3.8, 4) is 0 Å². The molecule has 1 aromatic heterocycles. The van der Waals surface area contributed by atoms with Crippen LogP contribution in [0.4, 0.5) is 14.5 Å². The topological polar surface area (TPSA) is 42.1 Å². The van der Waals surface area contributed by atoms with Gasteiger partial charge in [0.25, 0.3) is 5.92 Å². The number of aromatic nitrogens is 1. The van der Waals surface area contributed by atoms with Gasteiger partial charge < -0.3 is 10.6 Å². The number of nitrogens with two attached hydrogens (primary N) is 1. The molecule has 2 N–H and O–H groups in total. The molecule has 1 fully saturated rings. The number of pyridine rings is 1. The molecule has 1 aliphatic heterocycles. The average Bonchev–Trinajstić information content (AvgIpc) is 2.37. The third-order valence-electron chi connectivity index (χ3n) is 3.73. The van der Waals surface area contributed by atoms with Gasteiger partial charge in [0.15, 0.2) is 0 Å². The van der Waals surface area contributed by atoms with Crippen molar-refractivity contribution in [2.75, 3.05) is 18.0 Å². The molecule has 1 atom stereocenters. The van der Waals surface area contributed by atoms with E-state index in [1.807, 2.05) is 31.2 Å². The Morgan fingerprint density at radius 2 is 2.10 bits per heavy atom. The summed E-state index contributed by atoms with van der Waals surface area (Å²) in [6, 6.07) is 7.04. The fraction of sp³-hybridized carbons (Fsp3) is 0.400. The molecule has 1 unspecified atom stereocenters. The predicted octanol–water partition coefficient (Wildman–Crippen LogP) is 3.14. The third kappa shape index (κ3) is 3.09. The Balaban J connectivity index is 0.00000161. The molecule has 3 nitrogen and oxygen atoms in total. The number of anilines is 1. The van der Waals surface area contributed by atoms with Gasteiger partial charge in [-0.05, 0) is 30.7 Å². The molecule has 21 heavy (non-hydrogen) atoms. The number of rotatable bonds is 1. The van der Waals surface area contributed by atoms with Crippen LogP contribution >= 0.6 is 12.4 Å². The Bertz CT molecular complexity index is 648. The Morgan fingerprint density at radius 3 is 2.81 bits per heavy atom. The lowest BCUT2D eigenvalue weighted by Crippen LogP contribution is -2.52. The summed E-state index contributed by atoms with van der Waals surface area (Å²) in [6.07, 6.45) is 1.47. The minimum absolute atomic E-state index is 0. The molecule has 1 aromatic carbocycles. The second-order valence-electron chi connectivity index (χ2n) is 5.50. The van der Waals surface area contributed by atoms with Crippen LogP contribution in [0.5, 0.6) is 0 Å². The van der Waals surface area contributed by atoms with Crippen LogP contribution in [0.25, 0.3) is 10.9 Å². The average molecular weight is 314 g/mol. The van der Waals surface area contributed by atoms with Crippen LogP contribution in [0.1, 0.15) is 12.0 Å². The van der Waals surface area contributed by atoms with Crippen molar-refractivity contribution in [3.63, 3.8) is 0 Å². The van der Waals surface area contributed by atoms with Crippen LogP contribution in [0.3, 0.4) is 0 Å². The third-order valence-corrected chi connectivity index (χ3v) is 3.73. The van der Waals surface area contributed by atoms with Gasteiger partial charge in [0.2, 0.25) is 0 Å². The summed E-state index contributed by atoms with van der Waals surface area (Å²) in [5.74, 6) is -2.74. The number of hydrogen-bond acceptors (Lipinski definition) is 3. The molecule has 1 saturated heterocycles. The normalized spacial score (nSPS) is 21.1. The van der Waals surface area contributed by atoms with Crippen molar-refractivity contribution in [2.24, 2.45) is 5.73 Å². The molecular weight excluding hydrogens is 296 g/mol. The fourth-order valence-corrected chi connectivity index (χ4v) is 2.90. The largest absolute Gasteiger partial charge is 0.363 e. The summed E-state index contributed by atoms with van der Waals surface area (Å²) in [5.41, 5.74) is 8.45. The SMILES string of the molecule is Cc1ccc(N2CC(N)CC(F)(F)C2)c2cccnc12.Cl. The predicted molar refractivity (Wildman–Crippen MR) is 83.5 cm³/mol. The molecule has 2 heterocycles. The maximum absolute atomic E-state index is 13.7. The van der Waals surface area contributed by atoms with Crippen molar-refractivity contribution >= 4 is 29.0 Å². The highest BCUT2D eigenvalue weighted by Crippen LogP contribution is 2.34. The molecule has 3 rings (SSSR count). The first-order valence-corrected chi connectivity index (χ1v) is 6.69. The lowest BCUT2D eigenvalue weighted by atomic mass is 10.0.